The summed E-state index contributed by atoms with van der Waals surface area (Å²) >= 11 is 5.98. The lowest BCUT2D eigenvalue weighted by Crippen LogP contribution is -2.14. The number of aryl methyl sites for hydroxylation is 1. The minimum atomic E-state index is -0.292. The molecule has 0 saturated heterocycles. The van der Waals surface area contributed by atoms with Crippen LogP contribution in [0.2, 0.25) is 5.15 Å². The minimum Gasteiger partial charge on any atom is -0.341 e. The Labute approximate surface area is 119 Å². The van der Waals surface area contributed by atoms with Crippen LogP contribution in [0.4, 0.5) is 5.95 Å². The van der Waals surface area contributed by atoms with Crippen molar-refractivity contribution in [1.29, 1.82) is 0 Å². The molecular weight excluding hydrogens is 278 g/mol. The van der Waals surface area contributed by atoms with Crippen molar-refractivity contribution in [3.8, 4) is 0 Å². The molecule has 2 heterocycles. The zero-order valence-corrected chi connectivity index (χ0v) is 11.3. The lowest BCUT2D eigenvalue weighted by Gasteiger charge is -2.04. The highest BCUT2D eigenvalue weighted by Gasteiger charge is 2.12. The first-order valence-electron chi connectivity index (χ1n) is 5.88. The van der Waals surface area contributed by atoms with Crippen molar-refractivity contribution in [3.63, 3.8) is 0 Å². The maximum atomic E-state index is 12.1. The highest BCUT2D eigenvalue weighted by molar-refractivity contribution is 6.33. The Balaban J connectivity index is 1.91. The molecule has 1 amide bonds. The molecule has 0 spiro atoms. The third-order valence-corrected chi connectivity index (χ3v) is 3.02. The number of rotatable bonds is 2. The molecule has 0 atom stereocenters. The molecule has 3 aromatic rings. The predicted molar refractivity (Wildman–Crippen MR) is 75.8 cm³/mol. The molecular formula is C13H10ClN5O. The van der Waals surface area contributed by atoms with E-state index in [0.29, 0.717) is 16.7 Å². The van der Waals surface area contributed by atoms with Crippen LogP contribution in [0.5, 0.6) is 0 Å². The number of hydrogen-bond donors (Lipinski definition) is 2. The lowest BCUT2D eigenvalue weighted by molar-refractivity contribution is 0.102. The maximum Gasteiger partial charge on any atom is 0.258 e. The second kappa shape index (κ2) is 4.90. The fourth-order valence-electron chi connectivity index (χ4n) is 1.81. The normalized spacial score (nSPS) is 10.7. The smallest absolute Gasteiger partial charge is 0.258 e. The molecule has 0 saturated carbocycles. The second-order valence-corrected chi connectivity index (χ2v) is 4.62. The van der Waals surface area contributed by atoms with Crippen LogP contribution in [0.25, 0.3) is 11.2 Å². The van der Waals surface area contributed by atoms with Crippen molar-refractivity contribution in [1.82, 2.24) is 19.9 Å². The van der Waals surface area contributed by atoms with Crippen LogP contribution >= 0.6 is 11.6 Å². The highest BCUT2D eigenvalue weighted by atomic mass is 35.5. The number of H-pyrrole nitrogens is 1. The number of carbonyl (C=O) groups is 1. The van der Waals surface area contributed by atoms with E-state index in [1.165, 1.54) is 6.33 Å². The molecule has 0 unspecified atom stereocenters. The van der Waals surface area contributed by atoms with Gasteiger partial charge in [-0.1, -0.05) is 29.3 Å². The van der Waals surface area contributed by atoms with Crippen LogP contribution in [0.3, 0.4) is 0 Å². The van der Waals surface area contributed by atoms with Gasteiger partial charge >= 0.3 is 0 Å². The molecule has 20 heavy (non-hydrogen) atoms. The molecule has 3 rings (SSSR count). The Morgan fingerprint density at radius 2 is 2.20 bits per heavy atom. The number of benzene rings is 1. The average molecular weight is 288 g/mol. The summed E-state index contributed by atoms with van der Waals surface area (Å²) in [6, 6.07) is 7.23. The number of halogens is 1. The Bertz CT molecular complexity index is 798. The largest absolute Gasteiger partial charge is 0.341 e. The van der Waals surface area contributed by atoms with Crippen molar-refractivity contribution in [2.75, 3.05) is 5.32 Å². The van der Waals surface area contributed by atoms with E-state index in [4.69, 9.17) is 11.6 Å². The van der Waals surface area contributed by atoms with Gasteiger partial charge in [-0.3, -0.25) is 10.1 Å². The van der Waals surface area contributed by atoms with Crippen LogP contribution in [-0.4, -0.2) is 25.8 Å². The van der Waals surface area contributed by atoms with Crippen LogP contribution < -0.4 is 5.32 Å². The molecule has 0 radical (unpaired) electrons. The Hall–Kier alpha value is -2.47. The number of nitrogens with one attached hydrogen (secondary N) is 2. The summed E-state index contributed by atoms with van der Waals surface area (Å²) in [5.41, 5.74) is 2.48. The standard InChI is InChI=1S/C13H10ClN5O/c1-7-3-2-4-8(5-7)12(20)19-13-17-10(14)9-11(18-13)16-6-15-9/h2-6H,1H3,(H2,15,16,17,18,19,20). The number of fused-ring (bicyclic) bond motifs is 1. The maximum absolute atomic E-state index is 12.1. The van der Waals surface area contributed by atoms with Gasteiger partial charge in [0.15, 0.2) is 10.8 Å². The van der Waals surface area contributed by atoms with Gasteiger partial charge in [0.05, 0.1) is 6.33 Å². The van der Waals surface area contributed by atoms with Gasteiger partial charge < -0.3 is 4.98 Å². The topological polar surface area (TPSA) is 83.6 Å². The first-order valence-corrected chi connectivity index (χ1v) is 6.26. The molecule has 100 valence electrons. The molecule has 0 bridgehead atoms. The summed E-state index contributed by atoms with van der Waals surface area (Å²) in [5, 5.41) is 2.82. The second-order valence-electron chi connectivity index (χ2n) is 4.26. The Morgan fingerprint density at radius 3 is 3.00 bits per heavy atom. The summed E-state index contributed by atoms with van der Waals surface area (Å²) in [7, 11) is 0. The summed E-state index contributed by atoms with van der Waals surface area (Å²) in [6.07, 6.45) is 1.47. The van der Waals surface area contributed by atoms with Crippen molar-refractivity contribution >= 4 is 34.6 Å². The van der Waals surface area contributed by atoms with Crippen LogP contribution in [0, 0.1) is 6.92 Å². The van der Waals surface area contributed by atoms with E-state index in [2.05, 4.69) is 25.3 Å². The lowest BCUT2D eigenvalue weighted by atomic mass is 10.1. The zero-order valence-electron chi connectivity index (χ0n) is 10.5. The van der Waals surface area contributed by atoms with E-state index < -0.39 is 0 Å². The highest BCUT2D eigenvalue weighted by Crippen LogP contribution is 2.18. The van der Waals surface area contributed by atoms with Gasteiger partial charge in [-0.15, -0.1) is 0 Å². The SMILES string of the molecule is Cc1cccc(C(=O)Nc2nc(Cl)c3[nH]cnc3n2)c1. The van der Waals surface area contributed by atoms with Gasteiger partial charge in [0.25, 0.3) is 5.91 Å². The van der Waals surface area contributed by atoms with E-state index in [-0.39, 0.29) is 17.0 Å². The molecule has 0 aliphatic carbocycles. The van der Waals surface area contributed by atoms with Crippen LogP contribution in [-0.2, 0) is 0 Å². The van der Waals surface area contributed by atoms with Crippen molar-refractivity contribution in [2.45, 2.75) is 6.92 Å². The van der Waals surface area contributed by atoms with E-state index >= 15 is 0 Å². The molecule has 6 nitrogen and oxygen atoms in total. The van der Waals surface area contributed by atoms with E-state index in [1.807, 2.05) is 19.1 Å². The predicted octanol–water partition coefficient (Wildman–Crippen LogP) is 2.57. The number of hydrogen-bond acceptors (Lipinski definition) is 4. The minimum absolute atomic E-state index is 0.126. The number of aromatic amines is 1. The Morgan fingerprint density at radius 1 is 1.35 bits per heavy atom. The molecule has 7 heteroatoms. The van der Waals surface area contributed by atoms with Gasteiger partial charge in [0, 0.05) is 5.56 Å². The zero-order chi connectivity index (χ0) is 14.1. The monoisotopic (exact) mass is 287 g/mol. The molecule has 0 fully saturated rings. The van der Waals surface area contributed by atoms with E-state index in [1.54, 1.807) is 12.1 Å². The number of anilines is 1. The summed E-state index contributed by atoms with van der Waals surface area (Å²) < 4.78 is 0. The number of nitrogens with zero attached hydrogens (tertiary/aromatic N) is 3. The molecule has 0 aliphatic heterocycles. The summed E-state index contributed by atoms with van der Waals surface area (Å²) in [5.74, 6) is -0.166. The summed E-state index contributed by atoms with van der Waals surface area (Å²) in [4.78, 5) is 27.0. The van der Waals surface area contributed by atoms with E-state index in [0.717, 1.165) is 5.56 Å². The van der Waals surface area contributed by atoms with Gasteiger partial charge in [-0.05, 0) is 19.1 Å². The molecule has 2 N–H and O–H groups in total. The fourth-order valence-corrected chi connectivity index (χ4v) is 2.03. The Kier molecular flexibility index (Phi) is 3.08. The fraction of sp³-hybridized carbons (Fsp3) is 0.0769. The van der Waals surface area contributed by atoms with Crippen LogP contribution in [0.1, 0.15) is 15.9 Å². The van der Waals surface area contributed by atoms with Gasteiger partial charge in [0.2, 0.25) is 5.95 Å². The number of amides is 1. The first-order chi connectivity index (χ1) is 9.63. The number of imidazole rings is 1. The van der Waals surface area contributed by atoms with Gasteiger partial charge in [0.1, 0.15) is 5.52 Å². The quantitative estimate of drug-likeness (QED) is 0.710. The third-order valence-electron chi connectivity index (χ3n) is 2.75. The van der Waals surface area contributed by atoms with Crippen molar-refractivity contribution < 1.29 is 4.79 Å². The number of carbonyl (C=O) groups excluding carboxylic acids is 1. The third kappa shape index (κ3) is 2.33. The number of aromatic nitrogens is 4. The first kappa shape index (κ1) is 12.6. The molecule has 0 aliphatic rings. The molecule has 1 aromatic carbocycles. The molecule has 2 aromatic heterocycles. The van der Waals surface area contributed by atoms with Crippen LogP contribution in [0.15, 0.2) is 30.6 Å². The average Bonchev–Trinajstić information content (AvgIpc) is 2.87. The van der Waals surface area contributed by atoms with Crippen molar-refractivity contribution in [3.05, 3.63) is 46.9 Å². The summed E-state index contributed by atoms with van der Waals surface area (Å²) in [6.45, 7) is 1.92. The van der Waals surface area contributed by atoms with Crippen molar-refractivity contribution in [2.24, 2.45) is 0 Å². The van der Waals surface area contributed by atoms with Gasteiger partial charge in [-0.25, -0.2) is 4.98 Å². The van der Waals surface area contributed by atoms with Gasteiger partial charge in [-0.2, -0.15) is 9.97 Å². The van der Waals surface area contributed by atoms with E-state index in [9.17, 15) is 4.79 Å².